The van der Waals surface area contributed by atoms with Crippen LogP contribution in [0.5, 0.6) is 0 Å². The van der Waals surface area contributed by atoms with E-state index >= 15 is 0 Å². The van der Waals surface area contributed by atoms with Crippen molar-refractivity contribution in [2.45, 2.75) is 4.90 Å². The van der Waals surface area contributed by atoms with Crippen molar-refractivity contribution in [3.8, 4) is 0 Å². The molecule has 8 nitrogen and oxygen atoms in total. The minimum atomic E-state index is -3.72. The van der Waals surface area contributed by atoms with Crippen LogP contribution < -0.4 is 4.90 Å². The maximum absolute atomic E-state index is 12.4. The van der Waals surface area contributed by atoms with Crippen LogP contribution in [0.4, 0.5) is 11.4 Å². The molecule has 0 radical (unpaired) electrons. The maximum Gasteiger partial charge on any atom is 0.311 e. The number of nitro groups is 1. The molecule has 0 atom stereocenters. The molecule has 3 rings (SSSR count). The highest BCUT2D eigenvalue weighted by atomic mass is 32.2. The number of piperazine rings is 1. The van der Waals surface area contributed by atoms with Crippen LogP contribution in [0.3, 0.4) is 0 Å². The Balaban J connectivity index is 1.84. The lowest BCUT2D eigenvalue weighted by atomic mass is 10.2. The number of amides is 1. The van der Waals surface area contributed by atoms with Crippen molar-refractivity contribution < 1.29 is 18.1 Å². The van der Waals surface area contributed by atoms with Crippen molar-refractivity contribution >= 4 is 38.5 Å². The van der Waals surface area contributed by atoms with E-state index in [0.717, 1.165) is 6.26 Å². The average Bonchev–Trinajstić information content (AvgIpc) is 3.14. The number of nitro benzene ring substituents is 1. The molecular weight excluding hydrogens is 378 g/mol. The molecule has 0 bridgehead atoms. The van der Waals surface area contributed by atoms with Gasteiger partial charge in [-0.3, -0.25) is 14.9 Å². The van der Waals surface area contributed by atoms with Gasteiger partial charge in [-0.15, -0.1) is 11.3 Å². The van der Waals surface area contributed by atoms with E-state index < -0.39 is 20.4 Å². The van der Waals surface area contributed by atoms with Crippen molar-refractivity contribution in [3.05, 3.63) is 50.7 Å². The van der Waals surface area contributed by atoms with Gasteiger partial charge in [0, 0.05) is 32.4 Å². The third-order valence-electron chi connectivity index (χ3n) is 4.20. The third-order valence-corrected chi connectivity index (χ3v) is 6.19. The predicted octanol–water partition coefficient (Wildman–Crippen LogP) is 2.02. The highest BCUT2D eigenvalue weighted by Gasteiger charge is 2.31. The van der Waals surface area contributed by atoms with Crippen LogP contribution in [-0.2, 0) is 9.84 Å². The number of nitrogens with zero attached hydrogens (tertiary/aromatic N) is 3. The summed E-state index contributed by atoms with van der Waals surface area (Å²) in [6.07, 6.45) is 0.955. The minimum absolute atomic E-state index is 0.0564. The van der Waals surface area contributed by atoms with Crippen LogP contribution in [0.1, 0.15) is 9.67 Å². The van der Waals surface area contributed by atoms with E-state index in [1.54, 1.807) is 21.9 Å². The molecule has 0 unspecified atom stereocenters. The van der Waals surface area contributed by atoms with Gasteiger partial charge in [0.25, 0.3) is 5.91 Å². The van der Waals surface area contributed by atoms with E-state index in [-0.39, 0.29) is 16.5 Å². The van der Waals surface area contributed by atoms with Gasteiger partial charge < -0.3 is 9.80 Å². The van der Waals surface area contributed by atoms with Crippen molar-refractivity contribution in [1.82, 2.24) is 4.90 Å². The van der Waals surface area contributed by atoms with E-state index in [2.05, 4.69) is 0 Å². The van der Waals surface area contributed by atoms with Gasteiger partial charge in [-0.2, -0.15) is 0 Å². The summed E-state index contributed by atoms with van der Waals surface area (Å²) in [5, 5.41) is 13.3. The number of hydrogen-bond donors (Lipinski definition) is 0. The van der Waals surface area contributed by atoms with Crippen molar-refractivity contribution in [3.63, 3.8) is 0 Å². The first-order valence-electron chi connectivity index (χ1n) is 7.84. The zero-order chi connectivity index (χ0) is 18.9. The number of anilines is 1. The number of sulfone groups is 1. The first-order valence-corrected chi connectivity index (χ1v) is 10.6. The van der Waals surface area contributed by atoms with Crippen LogP contribution in [-0.4, -0.2) is 56.6 Å². The van der Waals surface area contributed by atoms with Gasteiger partial charge in [-0.05, 0) is 23.6 Å². The Kier molecular flexibility index (Phi) is 4.97. The maximum atomic E-state index is 12.4. The Bertz CT molecular complexity index is 933. The topological polar surface area (TPSA) is 101 Å². The molecule has 1 aliphatic heterocycles. The number of carbonyl (C=O) groups excluding carboxylic acids is 1. The fourth-order valence-electron chi connectivity index (χ4n) is 2.96. The first kappa shape index (κ1) is 18.3. The lowest BCUT2D eigenvalue weighted by molar-refractivity contribution is -0.387. The quantitative estimate of drug-likeness (QED) is 0.580. The molecule has 10 heteroatoms. The first-order chi connectivity index (χ1) is 12.3. The summed E-state index contributed by atoms with van der Waals surface area (Å²) in [6.45, 7) is 1.62. The fraction of sp³-hybridized carbons (Fsp3) is 0.312. The molecule has 1 aliphatic rings. The highest BCUT2D eigenvalue weighted by Crippen LogP contribution is 2.35. The van der Waals surface area contributed by atoms with Crippen molar-refractivity contribution in [2.75, 3.05) is 37.3 Å². The Morgan fingerprint density at radius 2 is 1.85 bits per heavy atom. The summed E-state index contributed by atoms with van der Waals surface area (Å²) >= 11 is 1.37. The molecule has 138 valence electrons. The molecule has 1 saturated heterocycles. The van der Waals surface area contributed by atoms with Gasteiger partial charge in [0.2, 0.25) is 0 Å². The number of para-hydroxylation sites is 1. The molecule has 2 aromatic rings. The normalized spacial score (nSPS) is 15.1. The van der Waals surface area contributed by atoms with Gasteiger partial charge in [0.1, 0.15) is 10.6 Å². The van der Waals surface area contributed by atoms with E-state index in [9.17, 15) is 23.3 Å². The second kappa shape index (κ2) is 7.04. The van der Waals surface area contributed by atoms with Crippen LogP contribution in [0.15, 0.2) is 40.6 Å². The predicted molar refractivity (Wildman–Crippen MR) is 98.6 cm³/mol. The second-order valence-electron chi connectivity index (χ2n) is 5.91. The van der Waals surface area contributed by atoms with Gasteiger partial charge in [-0.1, -0.05) is 12.1 Å². The van der Waals surface area contributed by atoms with Crippen molar-refractivity contribution in [1.29, 1.82) is 0 Å². The largest absolute Gasteiger partial charge is 0.362 e. The fourth-order valence-corrected chi connectivity index (χ4v) is 4.50. The molecule has 1 amide bonds. The molecule has 0 N–H and O–H groups in total. The third kappa shape index (κ3) is 3.56. The highest BCUT2D eigenvalue weighted by molar-refractivity contribution is 7.90. The van der Waals surface area contributed by atoms with E-state index in [1.807, 2.05) is 11.4 Å². The summed E-state index contributed by atoms with van der Waals surface area (Å²) in [5.41, 5.74) is -0.144. The van der Waals surface area contributed by atoms with Gasteiger partial charge in [0.15, 0.2) is 9.84 Å². The zero-order valence-electron chi connectivity index (χ0n) is 14.0. The Labute approximate surface area is 154 Å². The molecule has 1 aromatic carbocycles. The summed E-state index contributed by atoms with van der Waals surface area (Å²) in [6, 6.07) is 7.87. The van der Waals surface area contributed by atoms with Crippen LogP contribution in [0.25, 0.3) is 0 Å². The number of hydrogen-bond acceptors (Lipinski definition) is 7. The minimum Gasteiger partial charge on any atom is -0.362 e. The zero-order valence-corrected chi connectivity index (χ0v) is 15.6. The Morgan fingerprint density at radius 1 is 1.15 bits per heavy atom. The molecule has 0 saturated carbocycles. The Hall–Kier alpha value is -2.46. The molecule has 1 fully saturated rings. The lowest BCUT2D eigenvalue weighted by Crippen LogP contribution is -2.48. The van der Waals surface area contributed by atoms with E-state index in [1.165, 1.54) is 23.5 Å². The number of carbonyl (C=O) groups is 1. The van der Waals surface area contributed by atoms with Crippen molar-refractivity contribution in [2.24, 2.45) is 0 Å². The van der Waals surface area contributed by atoms with Crippen LogP contribution in [0.2, 0.25) is 0 Å². The SMILES string of the molecule is CS(=O)(=O)c1cccc(N2CCN(C(=O)c3cccs3)CC2)c1[N+](=O)[O-]. The lowest BCUT2D eigenvalue weighted by Gasteiger charge is -2.35. The smallest absolute Gasteiger partial charge is 0.311 e. The molecule has 26 heavy (non-hydrogen) atoms. The monoisotopic (exact) mass is 395 g/mol. The molecule has 2 heterocycles. The van der Waals surface area contributed by atoms with E-state index in [0.29, 0.717) is 31.1 Å². The number of benzene rings is 1. The molecule has 1 aromatic heterocycles. The van der Waals surface area contributed by atoms with Gasteiger partial charge in [0.05, 0.1) is 9.80 Å². The van der Waals surface area contributed by atoms with Crippen LogP contribution in [0, 0.1) is 10.1 Å². The summed E-state index contributed by atoms with van der Waals surface area (Å²) in [7, 11) is -3.72. The van der Waals surface area contributed by atoms with Gasteiger partial charge in [-0.25, -0.2) is 8.42 Å². The summed E-state index contributed by atoms with van der Waals surface area (Å²) < 4.78 is 23.8. The van der Waals surface area contributed by atoms with E-state index in [4.69, 9.17) is 0 Å². The second-order valence-corrected chi connectivity index (χ2v) is 8.84. The summed E-state index contributed by atoms with van der Waals surface area (Å²) in [5.74, 6) is -0.0564. The number of rotatable bonds is 4. The Morgan fingerprint density at radius 3 is 2.38 bits per heavy atom. The molecule has 0 aliphatic carbocycles. The summed E-state index contributed by atoms with van der Waals surface area (Å²) in [4.78, 5) is 27.1. The molecule has 0 spiro atoms. The number of thiophene rings is 1. The van der Waals surface area contributed by atoms with Gasteiger partial charge >= 0.3 is 5.69 Å². The van der Waals surface area contributed by atoms with Crippen LogP contribution >= 0.6 is 11.3 Å². The standard InChI is InChI=1S/C16H17N3O5S2/c1-26(23,24)14-6-2-4-12(15(14)19(21)22)17-7-9-18(10-8-17)16(20)13-5-3-11-25-13/h2-6,11H,7-10H2,1H3. The average molecular weight is 395 g/mol. The molecular formula is C16H17N3O5S2.